The minimum absolute atomic E-state index is 0.00733. The number of benzene rings is 6. The van der Waals surface area contributed by atoms with E-state index in [0.717, 1.165) is 64.0 Å². The second kappa shape index (κ2) is 27.0. The monoisotopic (exact) mass is 1080 g/mol. The standard InChI is InChI=1S/C65H78N6O7Si/c1-46(67-44-59(78-79(6,7)65(2,3)4)55-29-31-58(63-56(55)30-32-60(72)69-63)76-45-49-17-10-8-11-18-49)41-50-20-16-19-47(42-50)33-37-66-61(73)43-48-25-27-52(28-26-48)70(5)62(74)36-40-71-38-34-53(35-39-71)77-64(75)68-57-24-15-14-23-54(57)51-21-12-9-13-22-51/h8-32,42,46,53,59,67H,33-41,43-45H2,1-7H3,(H,66,73)(H,68,75)(H,69,72). The van der Waals surface area contributed by atoms with Crippen molar-refractivity contribution in [3.05, 3.63) is 196 Å². The lowest BCUT2D eigenvalue weighted by molar-refractivity contribution is -0.120. The van der Waals surface area contributed by atoms with Gasteiger partial charge in [0.15, 0.2) is 8.32 Å². The molecule has 2 heterocycles. The van der Waals surface area contributed by atoms with Crippen molar-refractivity contribution in [1.82, 2.24) is 20.5 Å². The topological polar surface area (TPSA) is 154 Å². The number of amides is 3. The van der Waals surface area contributed by atoms with Crippen LogP contribution in [-0.2, 0) is 44.6 Å². The Hall–Kier alpha value is -7.36. The van der Waals surface area contributed by atoms with Gasteiger partial charge >= 0.3 is 6.09 Å². The van der Waals surface area contributed by atoms with Crippen LogP contribution in [0, 0.1) is 0 Å². The van der Waals surface area contributed by atoms with E-state index in [9.17, 15) is 19.2 Å². The molecule has 1 aliphatic heterocycles. The zero-order valence-corrected chi connectivity index (χ0v) is 48.0. The number of H-pyrrole nitrogens is 1. The third kappa shape index (κ3) is 16.4. The first kappa shape index (κ1) is 57.8. The first-order valence-corrected chi connectivity index (χ1v) is 30.7. The second-order valence-corrected chi connectivity index (χ2v) is 27.1. The van der Waals surface area contributed by atoms with E-state index in [0.29, 0.717) is 68.9 Å². The van der Waals surface area contributed by atoms with Crippen molar-refractivity contribution in [1.29, 1.82) is 0 Å². The molecule has 0 bridgehead atoms. The fourth-order valence-corrected chi connectivity index (χ4v) is 11.1. The fourth-order valence-electron chi connectivity index (χ4n) is 9.78. The van der Waals surface area contributed by atoms with Gasteiger partial charge in [0.1, 0.15) is 18.5 Å². The summed E-state index contributed by atoms with van der Waals surface area (Å²) in [4.78, 5) is 58.9. The highest BCUT2D eigenvalue weighted by molar-refractivity contribution is 6.74. The number of nitrogens with zero attached hydrogens (tertiary/aromatic N) is 2. The van der Waals surface area contributed by atoms with Crippen molar-refractivity contribution in [2.24, 2.45) is 0 Å². The number of fused-ring (bicyclic) bond motifs is 1. The highest BCUT2D eigenvalue weighted by atomic mass is 28.4. The van der Waals surface area contributed by atoms with Crippen molar-refractivity contribution in [2.75, 3.05) is 50.0 Å². The van der Waals surface area contributed by atoms with Crippen molar-refractivity contribution >= 4 is 48.5 Å². The Kier molecular flexibility index (Phi) is 19.8. The molecule has 1 aromatic heterocycles. The van der Waals surface area contributed by atoms with Crippen LogP contribution in [0.4, 0.5) is 16.2 Å². The second-order valence-electron chi connectivity index (χ2n) is 22.4. The van der Waals surface area contributed by atoms with Gasteiger partial charge in [-0.05, 0) is 114 Å². The quantitative estimate of drug-likeness (QED) is 0.0458. The highest BCUT2D eigenvalue weighted by Crippen LogP contribution is 2.41. The van der Waals surface area contributed by atoms with Gasteiger partial charge in [-0.1, -0.05) is 142 Å². The molecule has 79 heavy (non-hydrogen) atoms. The molecular weight excluding hydrogens is 1000 g/mol. The molecule has 0 aliphatic carbocycles. The zero-order valence-electron chi connectivity index (χ0n) is 47.0. The molecule has 14 heteroatoms. The molecule has 4 N–H and O–H groups in total. The normalized spacial score (nSPS) is 14.1. The number of pyridine rings is 1. The SMILES string of the molecule is CC(Cc1cccc(CCNC(=O)Cc2ccc(N(C)C(=O)CCN3CCC(OC(=O)Nc4ccccc4-c4ccccc4)CC3)cc2)c1)NCC(O[Si](C)(C)C(C)(C)C)c1ccc(OCc2ccccc2)c2[nH]c(=O)ccc12. The maximum Gasteiger partial charge on any atom is 0.411 e. The molecule has 13 nitrogen and oxygen atoms in total. The van der Waals surface area contributed by atoms with Crippen LogP contribution in [0.3, 0.4) is 0 Å². The van der Waals surface area contributed by atoms with Crippen molar-refractivity contribution in [3.8, 4) is 16.9 Å². The first-order valence-electron chi connectivity index (χ1n) is 27.8. The number of hydrogen-bond donors (Lipinski definition) is 4. The predicted molar refractivity (Wildman–Crippen MR) is 320 cm³/mol. The van der Waals surface area contributed by atoms with Gasteiger partial charge in [0.2, 0.25) is 17.4 Å². The van der Waals surface area contributed by atoms with Gasteiger partial charge in [-0.25, -0.2) is 4.79 Å². The molecule has 1 saturated heterocycles. The number of ether oxygens (including phenoxy) is 2. The predicted octanol–water partition coefficient (Wildman–Crippen LogP) is 12.0. The maximum absolute atomic E-state index is 13.3. The Morgan fingerprint density at radius 3 is 2.20 bits per heavy atom. The summed E-state index contributed by atoms with van der Waals surface area (Å²) in [5.41, 5.74) is 9.16. The number of para-hydroxylation sites is 1. The number of hydrogen-bond acceptors (Lipinski definition) is 9. The first-order chi connectivity index (χ1) is 38.0. The van der Waals surface area contributed by atoms with Gasteiger partial charge in [-0.15, -0.1) is 0 Å². The van der Waals surface area contributed by atoms with Crippen molar-refractivity contribution in [2.45, 2.75) is 109 Å². The van der Waals surface area contributed by atoms with Crippen LogP contribution < -0.4 is 31.1 Å². The Morgan fingerprint density at radius 1 is 0.785 bits per heavy atom. The van der Waals surface area contributed by atoms with Gasteiger partial charge in [0.05, 0.1) is 23.7 Å². The largest absolute Gasteiger partial charge is 0.487 e. The van der Waals surface area contributed by atoms with Gasteiger partial charge < -0.3 is 39.3 Å². The number of carbonyl (C=O) groups excluding carboxylic acids is 3. The van der Waals surface area contributed by atoms with E-state index < -0.39 is 14.4 Å². The molecule has 1 aliphatic rings. The summed E-state index contributed by atoms with van der Waals surface area (Å²) in [5.74, 6) is 0.568. The average Bonchev–Trinajstić information content (AvgIpc) is 3.46. The highest BCUT2D eigenvalue weighted by Gasteiger charge is 2.40. The van der Waals surface area contributed by atoms with Crippen LogP contribution in [0.1, 0.15) is 80.9 Å². The molecule has 2 atom stereocenters. The van der Waals surface area contributed by atoms with Crippen molar-refractivity contribution < 1.29 is 28.3 Å². The lowest BCUT2D eigenvalue weighted by Gasteiger charge is -2.40. The van der Waals surface area contributed by atoms with E-state index >= 15 is 0 Å². The van der Waals surface area contributed by atoms with Gasteiger partial charge in [0, 0.05) is 74.9 Å². The summed E-state index contributed by atoms with van der Waals surface area (Å²) in [6, 6.07) is 51.4. The number of rotatable bonds is 23. The lowest BCUT2D eigenvalue weighted by Crippen LogP contribution is -2.44. The van der Waals surface area contributed by atoms with E-state index in [1.807, 2.05) is 121 Å². The number of aromatic nitrogens is 1. The molecule has 0 spiro atoms. The van der Waals surface area contributed by atoms with Crippen LogP contribution in [0.5, 0.6) is 5.75 Å². The summed E-state index contributed by atoms with van der Waals surface area (Å²) in [5, 5.41) is 10.7. The Labute approximate surface area is 467 Å². The maximum atomic E-state index is 13.3. The molecule has 0 saturated carbocycles. The summed E-state index contributed by atoms with van der Waals surface area (Å²) < 4.78 is 19.3. The van der Waals surface area contributed by atoms with Crippen LogP contribution in [0.15, 0.2) is 163 Å². The minimum atomic E-state index is -2.25. The smallest absolute Gasteiger partial charge is 0.411 e. The van der Waals surface area contributed by atoms with Crippen LogP contribution in [0.25, 0.3) is 22.0 Å². The molecule has 1 fully saturated rings. The number of nitrogens with one attached hydrogen (secondary N) is 4. The molecule has 7 aromatic rings. The minimum Gasteiger partial charge on any atom is -0.487 e. The van der Waals surface area contributed by atoms with E-state index in [2.05, 4.69) is 97.0 Å². The number of likely N-dealkylation sites (tertiary alicyclic amines) is 1. The summed E-state index contributed by atoms with van der Waals surface area (Å²) in [7, 11) is -0.468. The van der Waals surface area contributed by atoms with Gasteiger partial charge in [0.25, 0.3) is 0 Å². The summed E-state index contributed by atoms with van der Waals surface area (Å²) in [6.07, 6.45) is 2.56. The molecule has 6 aromatic carbocycles. The average molecular weight is 1080 g/mol. The number of anilines is 2. The molecular formula is C65H78N6O7Si. The third-order valence-electron chi connectivity index (χ3n) is 15.4. The molecule has 8 rings (SSSR count). The molecule has 414 valence electrons. The van der Waals surface area contributed by atoms with Gasteiger partial charge in [-0.3, -0.25) is 19.7 Å². The molecule has 0 radical (unpaired) electrons. The fraction of sp³-hybridized carbons (Fsp3) is 0.354. The van der Waals surface area contributed by atoms with Crippen LogP contribution in [0.2, 0.25) is 18.1 Å². The van der Waals surface area contributed by atoms with Gasteiger partial charge in [-0.2, -0.15) is 0 Å². The zero-order chi connectivity index (χ0) is 55.9. The van der Waals surface area contributed by atoms with Crippen LogP contribution >= 0.6 is 0 Å². The summed E-state index contributed by atoms with van der Waals surface area (Å²) >= 11 is 0. The Balaban J connectivity index is 0.760. The third-order valence-corrected chi connectivity index (χ3v) is 19.9. The number of aromatic amines is 1. The molecule has 2 unspecified atom stereocenters. The van der Waals surface area contributed by atoms with Crippen molar-refractivity contribution in [3.63, 3.8) is 0 Å². The number of piperidine rings is 1. The summed E-state index contributed by atoms with van der Waals surface area (Å²) in [6.45, 7) is 17.0. The van der Waals surface area contributed by atoms with E-state index in [-0.39, 0.29) is 47.1 Å². The van der Waals surface area contributed by atoms with E-state index in [1.54, 1.807) is 18.0 Å². The van der Waals surface area contributed by atoms with E-state index in [1.165, 1.54) is 5.56 Å². The molecule has 3 amide bonds. The Morgan fingerprint density at radius 2 is 1.47 bits per heavy atom. The Bertz CT molecular complexity index is 3190. The van der Waals surface area contributed by atoms with Crippen LogP contribution in [-0.4, -0.2) is 88.0 Å². The number of carbonyl (C=O) groups is 3. The lowest BCUT2D eigenvalue weighted by atomic mass is 10.0. The van der Waals surface area contributed by atoms with E-state index in [4.69, 9.17) is 13.9 Å².